The van der Waals surface area contributed by atoms with Crippen LogP contribution < -0.4 is 4.74 Å². The number of hydrogen-bond acceptors (Lipinski definition) is 6. The number of nitro groups is 1. The number of benzene rings is 2. The zero-order valence-electron chi connectivity index (χ0n) is 16.8. The Morgan fingerprint density at radius 2 is 1.68 bits per heavy atom. The summed E-state index contributed by atoms with van der Waals surface area (Å²) in [4.78, 5) is 36.2. The normalized spacial score (nSPS) is 12.9. The number of fused-ring (bicyclic) bond motifs is 1. The van der Waals surface area contributed by atoms with E-state index in [-0.39, 0.29) is 35.1 Å². The van der Waals surface area contributed by atoms with E-state index in [0.29, 0.717) is 17.0 Å². The molecule has 0 spiro atoms. The summed E-state index contributed by atoms with van der Waals surface area (Å²) < 4.78 is 12.7. The Kier molecular flexibility index (Phi) is 5.12. The van der Waals surface area contributed by atoms with Crippen LogP contribution in [0.25, 0.3) is 11.3 Å². The predicted octanol–water partition coefficient (Wildman–Crippen LogP) is 4.09. The standard InChI is InChI=1S/C23H18N2O6/c1-24-21(14-6-4-3-5-7-14)17(13-31-16-10-8-15(9-11-16)25(28)29)20-22(24)18(26)12-19(30-2)23(20)27/h3-12H,13H2,1-2H3. The van der Waals surface area contributed by atoms with Crippen molar-refractivity contribution >= 4 is 17.3 Å². The molecule has 0 N–H and O–H groups in total. The molecule has 1 aromatic heterocycles. The Balaban J connectivity index is 1.80. The van der Waals surface area contributed by atoms with Gasteiger partial charge in [0.05, 0.1) is 23.3 Å². The molecule has 8 nitrogen and oxygen atoms in total. The third-order valence-electron chi connectivity index (χ3n) is 5.14. The van der Waals surface area contributed by atoms with E-state index in [1.807, 2.05) is 30.3 Å². The third kappa shape index (κ3) is 3.48. The Bertz CT molecular complexity index is 1220. The number of aromatic nitrogens is 1. The summed E-state index contributed by atoms with van der Waals surface area (Å²) in [6.07, 6.45) is 1.19. The van der Waals surface area contributed by atoms with Crippen LogP contribution in [0.4, 0.5) is 5.69 Å². The quantitative estimate of drug-likeness (QED) is 0.441. The van der Waals surface area contributed by atoms with Gasteiger partial charge in [-0.25, -0.2) is 0 Å². The summed E-state index contributed by atoms with van der Waals surface area (Å²) >= 11 is 0. The highest BCUT2D eigenvalue weighted by Crippen LogP contribution is 2.36. The molecule has 0 atom stereocenters. The van der Waals surface area contributed by atoms with Gasteiger partial charge in [-0.3, -0.25) is 19.7 Å². The van der Waals surface area contributed by atoms with Crippen molar-refractivity contribution < 1.29 is 24.0 Å². The average molecular weight is 418 g/mol. The van der Waals surface area contributed by atoms with Gasteiger partial charge in [0.1, 0.15) is 18.1 Å². The Morgan fingerprint density at radius 1 is 1.00 bits per heavy atom. The number of non-ortho nitro benzene ring substituents is 1. The van der Waals surface area contributed by atoms with Gasteiger partial charge in [-0.15, -0.1) is 0 Å². The third-order valence-corrected chi connectivity index (χ3v) is 5.14. The van der Waals surface area contributed by atoms with Crippen LogP contribution in [0, 0.1) is 10.1 Å². The first-order chi connectivity index (χ1) is 14.9. The minimum absolute atomic E-state index is 0.0127. The summed E-state index contributed by atoms with van der Waals surface area (Å²) in [6.45, 7) is -0.0127. The topological polar surface area (TPSA) is 101 Å². The molecule has 0 saturated heterocycles. The molecule has 0 aliphatic heterocycles. The Morgan fingerprint density at radius 3 is 2.29 bits per heavy atom. The highest BCUT2D eigenvalue weighted by molar-refractivity contribution is 6.24. The maximum Gasteiger partial charge on any atom is 0.269 e. The molecule has 0 fully saturated rings. The number of carbonyl (C=O) groups is 2. The van der Waals surface area contributed by atoms with Crippen molar-refractivity contribution in [1.29, 1.82) is 0 Å². The van der Waals surface area contributed by atoms with Crippen LogP contribution in [0.1, 0.15) is 26.4 Å². The Hall–Kier alpha value is -4.20. The van der Waals surface area contributed by atoms with Gasteiger partial charge in [0.2, 0.25) is 11.6 Å². The van der Waals surface area contributed by atoms with Gasteiger partial charge in [0.15, 0.2) is 5.76 Å². The maximum absolute atomic E-state index is 13.1. The van der Waals surface area contributed by atoms with E-state index >= 15 is 0 Å². The number of nitrogens with zero attached hydrogens (tertiary/aromatic N) is 2. The van der Waals surface area contributed by atoms with Crippen molar-refractivity contribution in [2.75, 3.05) is 7.11 Å². The zero-order valence-corrected chi connectivity index (χ0v) is 16.8. The number of hydrogen-bond donors (Lipinski definition) is 0. The predicted molar refractivity (Wildman–Crippen MR) is 112 cm³/mol. The number of methoxy groups -OCH3 is 1. The fraction of sp³-hybridized carbons (Fsp3) is 0.130. The summed E-state index contributed by atoms with van der Waals surface area (Å²) in [5.74, 6) is -0.344. The second kappa shape index (κ2) is 7.91. The van der Waals surface area contributed by atoms with Crippen LogP contribution in [0.3, 0.4) is 0 Å². The summed E-state index contributed by atoms with van der Waals surface area (Å²) in [7, 11) is 3.07. The molecule has 1 aliphatic carbocycles. The van der Waals surface area contributed by atoms with Crippen LogP contribution in [0.2, 0.25) is 0 Å². The van der Waals surface area contributed by atoms with Gasteiger partial charge in [0, 0.05) is 30.8 Å². The van der Waals surface area contributed by atoms with Gasteiger partial charge in [-0.1, -0.05) is 30.3 Å². The summed E-state index contributed by atoms with van der Waals surface area (Å²) in [5, 5.41) is 10.9. The second-order valence-electron chi connectivity index (χ2n) is 6.92. The van der Waals surface area contributed by atoms with E-state index in [0.717, 1.165) is 5.56 Å². The van der Waals surface area contributed by atoms with E-state index in [4.69, 9.17) is 9.47 Å². The minimum Gasteiger partial charge on any atom is -0.492 e. The number of rotatable bonds is 6. The summed E-state index contributed by atoms with van der Waals surface area (Å²) in [5.41, 5.74) is 2.51. The van der Waals surface area contributed by atoms with E-state index in [2.05, 4.69) is 0 Å². The number of ether oxygens (including phenoxy) is 2. The first-order valence-corrected chi connectivity index (χ1v) is 9.41. The van der Waals surface area contributed by atoms with Crippen molar-refractivity contribution in [3.63, 3.8) is 0 Å². The maximum atomic E-state index is 13.1. The van der Waals surface area contributed by atoms with Crippen molar-refractivity contribution in [2.24, 2.45) is 7.05 Å². The Labute approximate surface area is 177 Å². The number of ketones is 2. The number of Topliss-reactive ketones (excluding diaryl/α,β-unsaturated/α-hetero) is 1. The highest BCUT2D eigenvalue weighted by Gasteiger charge is 2.35. The lowest BCUT2D eigenvalue weighted by atomic mass is 9.95. The fourth-order valence-corrected chi connectivity index (χ4v) is 3.73. The molecule has 1 heterocycles. The molecule has 3 aromatic rings. The fourth-order valence-electron chi connectivity index (χ4n) is 3.73. The smallest absolute Gasteiger partial charge is 0.269 e. The number of allylic oxidation sites excluding steroid dienone is 2. The van der Waals surface area contributed by atoms with Crippen LogP contribution in [0.5, 0.6) is 5.75 Å². The van der Waals surface area contributed by atoms with Crippen LogP contribution in [0.15, 0.2) is 66.4 Å². The molecule has 0 unspecified atom stereocenters. The van der Waals surface area contributed by atoms with E-state index in [9.17, 15) is 19.7 Å². The lowest BCUT2D eigenvalue weighted by molar-refractivity contribution is -0.384. The van der Waals surface area contributed by atoms with Crippen molar-refractivity contribution in [3.8, 4) is 17.0 Å². The molecule has 2 aromatic carbocycles. The monoisotopic (exact) mass is 418 g/mol. The molecule has 4 rings (SSSR count). The van der Waals surface area contributed by atoms with Gasteiger partial charge >= 0.3 is 0 Å². The molecule has 156 valence electrons. The van der Waals surface area contributed by atoms with Crippen LogP contribution >= 0.6 is 0 Å². The van der Waals surface area contributed by atoms with Crippen molar-refractivity contribution in [1.82, 2.24) is 4.57 Å². The molecule has 1 aliphatic rings. The van der Waals surface area contributed by atoms with Crippen LogP contribution in [-0.2, 0) is 18.4 Å². The average Bonchev–Trinajstić information content (AvgIpc) is 3.08. The SMILES string of the molecule is COC1=CC(=O)c2c(c(COc3ccc([N+](=O)[O-])cc3)c(-c3ccccc3)n2C)C1=O. The molecule has 0 saturated carbocycles. The van der Waals surface area contributed by atoms with E-state index < -0.39 is 10.7 Å². The van der Waals surface area contributed by atoms with E-state index in [1.165, 1.54) is 37.5 Å². The minimum atomic E-state index is -0.492. The largest absolute Gasteiger partial charge is 0.492 e. The molecule has 0 amide bonds. The lowest BCUT2D eigenvalue weighted by Crippen LogP contribution is -2.20. The molecular weight excluding hydrogens is 400 g/mol. The van der Waals surface area contributed by atoms with Gasteiger partial charge in [-0.05, 0) is 17.7 Å². The number of carbonyl (C=O) groups excluding carboxylic acids is 2. The molecule has 0 radical (unpaired) electrons. The van der Waals surface area contributed by atoms with Gasteiger partial charge in [0.25, 0.3) is 5.69 Å². The first kappa shape index (κ1) is 20.1. The number of nitro benzene ring substituents is 1. The van der Waals surface area contributed by atoms with Crippen molar-refractivity contribution in [3.05, 3.63) is 93.4 Å². The van der Waals surface area contributed by atoms with Crippen molar-refractivity contribution in [2.45, 2.75) is 6.61 Å². The van der Waals surface area contributed by atoms with Gasteiger partial charge < -0.3 is 14.0 Å². The lowest BCUT2D eigenvalue weighted by Gasteiger charge is -2.13. The molecular formula is C23H18N2O6. The molecule has 31 heavy (non-hydrogen) atoms. The first-order valence-electron chi connectivity index (χ1n) is 9.41. The molecule has 0 bridgehead atoms. The highest BCUT2D eigenvalue weighted by atomic mass is 16.6. The molecule has 8 heteroatoms. The van der Waals surface area contributed by atoms with Crippen LogP contribution in [-0.4, -0.2) is 28.2 Å². The second-order valence-corrected chi connectivity index (χ2v) is 6.92. The van der Waals surface area contributed by atoms with E-state index in [1.54, 1.807) is 11.6 Å². The zero-order chi connectivity index (χ0) is 22.1. The van der Waals surface area contributed by atoms with Gasteiger partial charge in [-0.2, -0.15) is 0 Å². The summed E-state index contributed by atoms with van der Waals surface area (Å²) in [6, 6.07) is 15.0.